The van der Waals surface area contributed by atoms with Crippen LogP contribution in [-0.2, 0) is 11.3 Å². The fourth-order valence-electron chi connectivity index (χ4n) is 2.56. The van der Waals surface area contributed by atoms with Crippen LogP contribution in [0.15, 0.2) is 12.1 Å². The van der Waals surface area contributed by atoms with E-state index in [1.54, 1.807) is 0 Å². The van der Waals surface area contributed by atoms with Gasteiger partial charge in [-0.15, -0.1) is 0 Å². The number of hydrogen-bond acceptors (Lipinski definition) is 4. The highest BCUT2D eigenvalue weighted by Crippen LogP contribution is 2.21. The highest BCUT2D eigenvalue weighted by Gasteiger charge is 2.21. The number of aromatic nitrogens is 1. The van der Waals surface area contributed by atoms with Gasteiger partial charge < -0.3 is 15.0 Å². The number of ether oxygens (including phenoxy) is 1. The van der Waals surface area contributed by atoms with Gasteiger partial charge in [0, 0.05) is 31.4 Å². The third-order valence-electron chi connectivity index (χ3n) is 3.74. The Balaban J connectivity index is 1.72. The van der Waals surface area contributed by atoms with Gasteiger partial charge >= 0.3 is 0 Å². The van der Waals surface area contributed by atoms with Gasteiger partial charge in [0.25, 0.3) is 0 Å². The maximum absolute atomic E-state index is 5.60. The van der Waals surface area contributed by atoms with Crippen molar-refractivity contribution in [3.63, 3.8) is 0 Å². The van der Waals surface area contributed by atoms with E-state index in [-0.39, 0.29) is 0 Å². The molecule has 104 valence electrons. The van der Waals surface area contributed by atoms with Crippen LogP contribution in [-0.4, -0.2) is 36.8 Å². The summed E-state index contributed by atoms with van der Waals surface area (Å²) in [5.41, 5.74) is 2.44. The minimum absolute atomic E-state index is 0.295. The highest BCUT2D eigenvalue weighted by atomic mass is 16.5. The van der Waals surface area contributed by atoms with Crippen LogP contribution in [0.1, 0.15) is 31.0 Å². The van der Waals surface area contributed by atoms with Gasteiger partial charge in [0.15, 0.2) is 0 Å². The molecule has 1 aliphatic carbocycles. The molecule has 0 bridgehead atoms. The summed E-state index contributed by atoms with van der Waals surface area (Å²) in [5, 5.41) is 3.57. The number of pyridine rings is 1. The molecular formula is C15H23N3O. The second-order valence-corrected chi connectivity index (χ2v) is 5.76. The Bertz CT molecular complexity index is 445. The third-order valence-corrected chi connectivity index (χ3v) is 3.74. The van der Waals surface area contributed by atoms with Crippen LogP contribution >= 0.6 is 0 Å². The fourth-order valence-corrected chi connectivity index (χ4v) is 2.56. The molecule has 1 aromatic heterocycles. The first-order chi connectivity index (χ1) is 9.20. The maximum Gasteiger partial charge on any atom is 0.129 e. The van der Waals surface area contributed by atoms with Crippen LogP contribution in [0.3, 0.4) is 0 Å². The van der Waals surface area contributed by atoms with Gasteiger partial charge in [-0.3, -0.25) is 0 Å². The van der Waals surface area contributed by atoms with E-state index in [0.717, 1.165) is 43.8 Å². The molecule has 2 fully saturated rings. The second kappa shape index (κ2) is 5.47. The fraction of sp³-hybridized carbons (Fsp3) is 0.667. The Hall–Kier alpha value is -1.13. The van der Waals surface area contributed by atoms with Crippen molar-refractivity contribution < 1.29 is 4.74 Å². The molecule has 1 unspecified atom stereocenters. The molecule has 1 N–H and O–H groups in total. The van der Waals surface area contributed by atoms with Crippen LogP contribution in [0.25, 0.3) is 0 Å². The summed E-state index contributed by atoms with van der Waals surface area (Å²) in [4.78, 5) is 7.01. The zero-order valence-corrected chi connectivity index (χ0v) is 11.9. The van der Waals surface area contributed by atoms with Crippen molar-refractivity contribution in [1.82, 2.24) is 10.3 Å². The summed E-state index contributed by atoms with van der Waals surface area (Å²) in [7, 11) is 0. The monoisotopic (exact) mass is 261 g/mol. The van der Waals surface area contributed by atoms with E-state index < -0.39 is 0 Å². The van der Waals surface area contributed by atoms with Crippen molar-refractivity contribution in [3.05, 3.63) is 23.4 Å². The average Bonchev–Trinajstić information content (AvgIpc) is 3.20. The van der Waals surface area contributed by atoms with Crippen LogP contribution in [0.4, 0.5) is 5.82 Å². The Labute approximate surface area is 115 Å². The second-order valence-electron chi connectivity index (χ2n) is 5.76. The molecule has 1 saturated carbocycles. The molecule has 0 amide bonds. The van der Waals surface area contributed by atoms with E-state index in [1.165, 1.54) is 18.4 Å². The van der Waals surface area contributed by atoms with E-state index in [0.29, 0.717) is 6.10 Å². The lowest BCUT2D eigenvalue weighted by molar-refractivity contribution is 0.0529. The topological polar surface area (TPSA) is 37.4 Å². The lowest BCUT2D eigenvalue weighted by atomic mass is 10.2. The Morgan fingerprint density at radius 3 is 3.00 bits per heavy atom. The van der Waals surface area contributed by atoms with Crippen LogP contribution in [0.5, 0.6) is 0 Å². The first kappa shape index (κ1) is 12.9. The molecule has 0 aromatic carbocycles. The van der Waals surface area contributed by atoms with Gasteiger partial charge in [0.1, 0.15) is 5.82 Å². The van der Waals surface area contributed by atoms with Gasteiger partial charge in [-0.1, -0.05) is 0 Å². The molecule has 3 rings (SSSR count). The number of nitrogens with zero attached hydrogens (tertiary/aromatic N) is 2. The quantitative estimate of drug-likeness (QED) is 0.898. The first-order valence-corrected chi connectivity index (χ1v) is 7.28. The number of nitrogens with one attached hydrogen (secondary N) is 1. The summed E-state index contributed by atoms with van der Waals surface area (Å²) in [6.07, 6.45) is 2.96. The molecular weight excluding hydrogens is 238 g/mol. The maximum atomic E-state index is 5.60. The van der Waals surface area contributed by atoms with Gasteiger partial charge in [-0.25, -0.2) is 4.98 Å². The molecule has 4 nitrogen and oxygen atoms in total. The largest absolute Gasteiger partial charge is 0.375 e. The van der Waals surface area contributed by atoms with Gasteiger partial charge in [0.05, 0.1) is 12.7 Å². The zero-order chi connectivity index (χ0) is 13.2. The molecule has 0 radical (unpaired) electrons. The lowest BCUT2D eigenvalue weighted by Gasteiger charge is -2.32. The summed E-state index contributed by atoms with van der Waals surface area (Å²) in [6, 6.07) is 5.16. The minimum Gasteiger partial charge on any atom is -0.375 e. The van der Waals surface area contributed by atoms with Crippen molar-refractivity contribution in [2.75, 3.05) is 24.6 Å². The van der Waals surface area contributed by atoms with Gasteiger partial charge in [-0.2, -0.15) is 0 Å². The SMILES string of the molecule is Cc1cc(CNC2CC2)cc(N2CCOC(C)C2)n1. The Morgan fingerprint density at radius 2 is 2.26 bits per heavy atom. The van der Waals surface area contributed by atoms with Crippen molar-refractivity contribution in [3.8, 4) is 0 Å². The number of morpholine rings is 1. The van der Waals surface area contributed by atoms with Gasteiger partial charge in [0.2, 0.25) is 0 Å². The van der Waals surface area contributed by atoms with Crippen LogP contribution in [0, 0.1) is 6.92 Å². The van der Waals surface area contributed by atoms with Crippen LogP contribution < -0.4 is 10.2 Å². The molecule has 4 heteroatoms. The zero-order valence-electron chi connectivity index (χ0n) is 11.9. The molecule has 1 atom stereocenters. The summed E-state index contributed by atoms with van der Waals surface area (Å²) >= 11 is 0. The molecule has 2 aliphatic rings. The standard InChI is InChI=1S/C15H23N3O/c1-11-7-13(9-16-14-3-4-14)8-15(17-11)18-5-6-19-12(2)10-18/h7-8,12,14,16H,3-6,9-10H2,1-2H3. The number of hydrogen-bond donors (Lipinski definition) is 1. The predicted molar refractivity (Wildman–Crippen MR) is 76.5 cm³/mol. The van der Waals surface area contributed by atoms with Crippen molar-refractivity contribution in [2.24, 2.45) is 0 Å². The molecule has 0 spiro atoms. The normalized spacial score (nSPS) is 23.7. The molecule has 1 saturated heterocycles. The van der Waals surface area contributed by atoms with E-state index in [9.17, 15) is 0 Å². The molecule has 19 heavy (non-hydrogen) atoms. The smallest absolute Gasteiger partial charge is 0.129 e. The minimum atomic E-state index is 0.295. The summed E-state index contributed by atoms with van der Waals surface area (Å²) in [5.74, 6) is 1.10. The third kappa shape index (κ3) is 3.45. The van der Waals surface area contributed by atoms with Crippen molar-refractivity contribution >= 4 is 5.82 Å². The molecule has 1 aliphatic heterocycles. The molecule has 1 aromatic rings. The molecule has 2 heterocycles. The highest BCUT2D eigenvalue weighted by molar-refractivity contribution is 5.43. The van der Waals surface area contributed by atoms with E-state index in [1.807, 2.05) is 0 Å². The Kier molecular flexibility index (Phi) is 3.71. The average molecular weight is 261 g/mol. The van der Waals surface area contributed by atoms with Crippen molar-refractivity contribution in [1.29, 1.82) is 0 Å². The Morgan fingerprint density at radius 1 is 1.42 bits per heavy atom. The first-order valence-electron chi connectivity index (χ1n) is 7.28. The van der Waals surface area contributed by atoms with E-state index in [2.05, 4.69) is 41.2 Å². The predicted octanol–water partition coefficient (Wildman–Crippen LogP) is 1.87. The van der Waals surface area contributed by atoms with E-state index in [4.69, 9.17) is 4.74 Å². The summed E-state index contributed by atoms with van der Waals surface area (Å²) < 4.78 is 5.60. The number of aryl methyl sites for hydroxylation is 1. The number of anilines is 1. The lowest BCUT2D eigenvalue weighted by Crippen LogP contribution is -2.41. The van der Waals surface area contributed by atoms with Gasteiger partial charge in [-0.05, 0) is 44.4 Å². The summed E-state index contributed by atoms with van der Waals surface area (Å²) in [6.45, 7) is 7.83. The van der Waals surface area contributed by atoms with E-state index >= 15 is 0 Å². The van der Waals surface area contributed by atoms with Crippen molar-refractivity contribution in [2.45, 2.75) is 45.4 Å². The van der Waals surface area contributed by atoms with Crippen LogP contribution in [0.2, 0.25) is 0 Å². The number of rotatable bonds is 4.